The molecule has 0 saturated heterocycles. The van der Waals surface area contributed by atoms with Gasteiger partial charge in [0.15, 0.2) is 5.75 Å². The third-order valence-corrected chi connectivity index (χ3v) is 7.19. The summed E-state index contributed by atoms with van der Waals surface area (Å²) in [6.45, 7) is 7.85. The average Bonchev–Trinajstić information content (AvgIpc) is 2.94. The van der Waals surface area contributed by atoms with Gasteiger partial charge in [-0.2, -0.15) is 0 Å². The predicted octanol–water partition coefficient (Wildman–Crippen LogP) is 4.75. The van der Waals surface area contributed by atoms with Crippen molar-refractivity contribution in [2.45, 2.75) is 45.9 Å². The summed E-state index contributed by atoms with van der Waals surface area (Å²) < 4.78 is 6.49. The summed E-state index contributed by atoms with van der Waals surface area (Å²) in [5, 5.41) is 20.4. The summed E-state index contributed by atoms with van der Waals surface area (Å²) >= 11 is 0. The molecule has 0 spiro atoms. The number of ether oxygens (including phenoxy) is 1. The Morgan fingerprint density at radius 2 is 1.68 bits per heavy atom. The summed E-state index contributed by atoms with van der Waals surface area (Å²) in [7, 11) is 1.69. The van der Waals surface area contributed by atoms with Crippen molar-refractivity contribution in [3.63, 3.8) is 0 Å². The Morgan fingerprint density at radius 1 is 1.02 bits per heavy atom. The summed E-state index contributed by atoms with van der Waals surface area (Å²) in [5.74, 6) is -0.293. The molecular formula is C31H39N5O5. The monoisotopic (exact) mass is 561 g/mol. The molecule has 4 rings (SSSR count). The summed E-state index contributed by atoms with van der Waals surface area (Å²) in [6.07, 6.45) is -0.512. The van der Waals surface area contributed by atoms with E-state index in [0.717, 1.165) is 10.8 Å². The molecule has 3 aromatic carbocycles. The van der Waals surface area contributed by atoms with Gasteiger partial charge in [0.1, 0.15) is 6.10 Å². The van der Waals surface area contributed by atoms with Crippen molar-refractivity contribution in [3.8, 4) is 5.75 Å². The van der Waals surface area contributed by atoms with E-state index in [1.165, 1.54) is 0 Å². The molecule has 0 bridgehead atoms. The fourth-order valence-corrected chi connectivity index (χ4v) is 4.88. The molecule has 3 atom stereocenters. The van der Waals surface area contributed by atoms with Crippen molar-refractivity contribution in [1.29, 1.82) is 0 Å². The second-order valence-electron chi connectivity index (χ2n) is 10.9. The Morgan fingerprint density at radius 3 is 2.41 bits per heavy atom. The van der Waals surface area contributed by atoms with Crippen LogP contribution in [-0.2, 0) is 0 Å². The van der Waals surface area contributed by atoms with E-state index < -0.39 is 18.2 Å². The van der Waals surface area contributed by atoms with Crippen molar-refractivity contribution < 1.29 is 24.2 Å². The largest absolute Gasteiger partial charge is 0.485 e. The fraction of sp³-hybridized carbons (Fsp3) is 0.387. The number of hydrogen-bond donors (Lipinski definition) is 4. The van der Waals surface area contributed by atoms with E-state index in [4.69, 9.17) is 4.74 Å². The minimum Gasteiger partial charge on any atom is -0.485 e. The SMILES string of the molecule is CC(C)NC(=O)N(C)C[C@H]1Oc2c(NC(=O)Nc3cccc4ccccc34)cccc2C(=O)N([C@@H](C)CO)C[C@@H]1C. The van der Waals surface area contributed by atoms with Gasteiger partial charge in [-0.25, -0.2) is 9.59 Å². The maximum absolute atomic E-state index is 13.7. The molecule has 0 aliphatic carbocycles. The van der Waals surface area contributed by atoms with Gasteiger partial charge >= 0.3 is 12.1 Å². The van der Waals surface area contributed by atoms with E-state index in [9.17, 15) is 19.5 Å². The van der Waals surface area contributed by atoms with Crippen molar-refractivity contribution in [2.75, 3.05) is 37.4 Å². The highest BCUT2D eigenvalue weighted by Crippen LogP contribution is 2.35. The molecule has 10 nitrogen and oxygen atoms in total. The Kier molecular flexibility index (Phi) is 9.34. The maximum atomic E-state index is 13.7. The third-order valence-electron chi connectivity index (χ3n) is 7.19. The molecule has 0 aromatic heterocycles. The smallest absolute Gasteiger partial charge is 0.323 e. The second-order valence-corrected chi connectivity index (χ2v) is 10.9. The number of nitrogens with one attached hydrogen (secondary N) is 3. The number of anilines is 2. The first-order valence-electron chi connectivity index (χ1n) is 13.9. The van der Waals surface area contributed by atoms with Crippen molar-refractivity contribution >= 4 is 40.1 Å². The van der Waals surface area contributed by atoms with Gasteiger partial charge in [-0.05, 0) is 44.4 Å². The van der Waals surface area contributed by atoms with Gasteiger partial charge in [0.05, 0.1) is 36.1 Å². The lowest BCUT2D eigenvalue weighted by Crippen LogP contribution is -2.51. The first-order chi connectivity index (χ1) is 19.6. The number of fused-ring (bicyclic) bond motifs is 2. The highest BCUT2D eigenvalue weighted by Gasteiger charge is 2.35. The van der Waals surface area contributed by atoms with E-state index >= 15 is 0 Å². The maximum Gasteiger partial charge on any atom is 0.323 e. The Labute approximate surface area is 240 Å². The number of aliphatic hydroxyl groups excluding tert-OH is 1. The predicted molar refractivity (Wildman–Crippen MR) is 160 cm³/mol. The molecule has 4 N–H and O–H groups in total. The lowest BCUT2D eigenvalue weighted by atomic mass is 9.99. The number of likely N-dealkylation sites (N-methyl/N-ethyl adjacent to an activating group) is 1. The summed E-state index contributed by atoms with van der Waals surface area (Å²) in [6, 6.07) is 17.2. The Bertz CT molecular complexity index is 1410. The number of hydrogen-bond acceptors (Lipinski definition) is 5. The zero-order valence-corrected chi connectivity index (χ0v) is 24.2. The van der Waals surface area contributed by atoms with Crippen LogP contribution in [-0.4, -0.2) is 77.8 Å². The minimum absolute atomic E-state index is 0.0316. The van der Waals surface area contributed by atoms with E-state index in [0.29, 0.717) is 17.9 Å². The number of urea groups is 2. The molecule has 0 unspecified atom stereocenters. The molecule has 1 aliphatic heterocycles. The molecule has 218 valence electrons. The number of aliphatic hydroxyl groups is 1. The Hall–Kier alpha value is -4.31. The van der Waals surface area contributed by atoms with Crippen LogP contribution < -0.4 is 20.7 Å². The highest BCUT2D eigenvalue weighted by molar-refractivity contribution is 6.08. The molecule has 1 heterocycles. The van der Waals surface area contributed by atoms with Crippen LogP contribution in [0.3, 0.4) is 0 Å². The molecule has 5 amide bonds. The molecule has 0 fully saturated rings. The molecule has 10 heteroatoms. The van der Waals surface area contributed by atoms with Crippen LogP contribution in [0, 0.1) is 5.92 Å². The van der Waals surface area contributed by atoms with Gasteiger partial charge in [0.25, 0.3) is 5.91 Å². The van der Waals surface area contributed by atoms with Crippen LogP contribution in [0.15, 0.2) is 60.7 Å². The van der Waals surface area contributed by atoms with Crippen LogP contribution in [0.2, 0.25) is 0 Å². The molecule has 0 radical (unpaired) electrons. The van der Waals surface area contributed by atoms with Gasteiger partial charge < -0.3 is 35.6 Å². The number of carbonyl (C=O) groups excluding carboxylic acids is 3. The van der Waals surface area contributed by atoms with Gasteiger partial charge in [-0.15, -0.1) is 0 Å². The lowest BCUT2D eigenvalue weighted by molar-refractivity contribution is 0.0368. The first kappa shape index (κ1) is 29.7. The van der Waals surface area contributed by atoms with Gasteiger partial charge in [-0.3, -0.25) is 4.79 Å². The van der Waals surface area contributed by atoms with E-state index in [2.05, 4.69) is 16.0 Å². The quantitative estimate of drug-likeness (QED) is 0.331. The van der Waals surface area contributed by atoms with Gasteiger partial charge in [0.2, 0.25) is 0 Å². The number of benzene rings is 3. The molecule has 0 saturated carbocycles. The van der Waals surface area contributed by atoms with Crippen molar-refractivity contribution in [1.82, 2.24) is 15.1 Å². The van der Waals surface area contributed by atoms with Crippen LogP contribution in [0.25, 0.3) is 10.8 Å². The lowest BCUT2D eigenvalue weighted by Gasteiger charge is -2.38. The average molecular weight is 562 g/mol. The van der Waals surface area contributed by atoms with Gasteiger partial charge in [0, 0.05) is 30.9 Å². The summed E-state index contributed by atoms with van der Waals surface area (Å²) in [4.78, 5) is 42.8. The van der Waals surface area contributed by atoms with Crippen LogP contribution in [0.4, 0.5) is 21.0 Å². The Balaban J connectivity index is 1.66. The number of rotatable bonds is 7. The number of amides is 5. The topological polar surface area (TPSA) is 123 Å². The van der Waals surface area contributed by atoms with Crippen LogP contribution >= 0.6 is 0 Å². The fourth-order valence-electron chi connectivity index (χ4n) is 4.88. The van der Waals surface area contributed by atoms with E-state index in [1.54, 1.807) is 42.0 Å². The van der Waals surface area contributed by atoms with E-state index in [-0.39, 0.29) is 48.4 Å². The normalized spacial score (nSPS) is 17.6. The number of nitrogens with zero attached hydrogens (tertiary/aromatic N) is 2. The van der Waals surface area contributed by atoms with Crippen LogP contribution in [0.5, 0.6) is 5.75 Å². The highest BCUT2D eigenvalue weighted by atomic mass is 16.5. The zero-order valence-electron chi connectivity index (χ0n) is 24.2. The standard InChI is InChI=1S/C31H39N5O5/c1-19(2)32-31(40)35(5)17-27-20(3)16-36(21(4)18-37)29(38)24-13-9-15-26(28(24)41-27)34-30(39)33-25-14-8-11-22-10-6-7-12-23(22)25/h6-15,19-21,27,37H,16-18H2,1-5H3,(H,32,40)(H2,33,34,39)/t20-,21-,27+/m0/s1. The van der Waals surface area contributed by atoms with Crippen LogP contribution in [0.1, 0.15) is 38.1 Å². The molecule has 3 aromatic rings. The third kappa shape index (κ3) is 6.89. The molecule has 1 aliphatic rings. The zero-order chi connectivity index (χ0) is 29.7. The minimum atomic E-state index is -0.512. The van der Waals surface area contributed by atoms with E-state index in [1.807, 2.05) is 63.2 Å². The molecule has 41 heavy (non-hydrogen) atoms. The second kappa shape index (κ2) is 12.9. The van der Waals surface area contributed by atoms with Gasteiger partial charge in [-0.1, -0.05) is 49.4 Å². The first-order valence-corrected chi connectivity index (χ1v) is 13.9. The summed E-state index contributed by atoms with van der Waals surface area (Å²) in [5.41, 5.74) is 1.22. The number of carbonyl (C=O) groups is 3. The van der Waals surface area contributed by atoms with Crippen molar-refractivity contribution in [3.05, 3.63) is 66.2 Å². The number of para-hydroxylation sites is 1. The van der Waals surface area contributed by atoms with Crippen molar-refractivity contribution in [2.24, 2.45) is 5.92 Å². The molecular weight excluding hydrogens is 522 g/mol.